The molecular weight excluding hydrogens is 373 g/mol. The van der Waals surface area contributed by atoms with Gasteiger partial charge in [0.25, 0.3) is 0 Å². The number of carbonyl (C=O) groups is 1. The lowest BCUT2D eigenvalue weighted by atomic mass is 9.92. The second-order valence-electron chi connectivity index (χ2n) is 8.35. The Labute approximate surface area is 171 Å². The number of ether oxygens (including phenoxy) is 2. The molecule has 2 aromatic carbocycles. The third-order valence-corrected chi connectivity index (χ3v) is 4.77. The van der Waals surface area contributed by atoms with Crippen molar-refractivity contribution in [3.63, 3.8) is 0 Å². The van der Waals surface area contributed by atoms with E-state index < -0.39 is 29.7 Å². The zero-order chi connectivity index (χ0) is 21.2. The molecule has 0 radical (unpaired) electrons. The highest BCUT2D eigenvalue weighted by molar-refractivity contribution is 5.70. The molecule has 2 atom stereocenters. The average molecular weight is 401 g/mol. The molecule has 1 saturated heterocycles. The molecule has 1 fully saturated rings. The van der Waals surface area contributed by atoms with E-state index in [-0.39, 0.29) is 13.2 Å². The first-order valence-corrected chi connectivity index (χ1v) is 9.79. The SMILES string of the molecule is Cc1cccc(-c2c(F)cccc2[C@H](O)C2CN(C(=O)OC(C)(C)C)CCO2)c1. The molecule has 1 heterocycles. The summed E-state index contributed by atoms with van der Waals surface area (Å²) in [4.78, 5) is 13.9. The summed E-state index contributed by atoms with van der Waals surface area (Å²) in [6, 6.07) is 12.1. The summed E-state index contributed by atoms with van der Waals surface area (Å²) in [6.45, 7) is 8.17. The lowest BCUT2D eigenvalue weighted by Crippen LogP contribution is -2.49. The summed E-state index contributed by atoms with van der Waals surface area (Å²) in [6.07, 6.45) is -2.22. The molecule has 3 rings (SSSR count). The number of carbonyl (C=O) groups excluding carboxylic acids is 1. The summed E-state index contributed by atoms with van der Waals surface area (Å²) < 4.78 is 25.9. The summed E-state index contributed by atoms with van der Waals surface area (Å²) in [5.74, 6) is -0.410. The standard InChI is InChI=1S/C23H28FNO4/c1-15-7-5-8-16(13-15)20-17(9-6-10-18(20)24)21(26)19-14-25(11-12-28-19)22(27)29-23(2,3)4/h5-10,13,19,21,26H,11-12,14H2,1-4H3/t19?,21-/m0/s1. The average Bonchev–Trinajstić information content (AvgIpc) is 2.66. The smallest absolute Gasteiger partial charge is 0.410 e. The quantitative estimate of drug-likeness (QED) is 0.824. The van der Waals surface area contributed by atoms with Crippen molar-refractivity contribution in [3.8, 4) is 11.1 Å². The number of hydrogen-bond acceptors (Lipinski definition) is 4. The molecule has 6 heteroatoms. The number of rotatable bonds is 3. The van der Waals surface area contributed by atoms with E-state index in [0.717, 1.165) is 5.56 Å². The first kappa shape index (κ1) is 21.3. The van der Waals surface area contributed by atoms with E-state index in [1.807, 2.05) is 31.2 Å². The highest BCUT2D eigenvalue weighted by Gasteiger charge is 2.33. The number of aliphatic hydroxyl groups excluding tert-OH is 1. The molecule has 0 saturated carbocycles. The van der Waals surface area contributed by atoms with Crippen molar-refractivity contribution in [2.45, 2.75) is 45.5 Å². The Balaban J connectivity index is 1.86. The summed E-state index contributed by atoms with van der Waals surface area (Å²) in [5.41, 5.74) is 1.87. The minimum absolute atomic E-state index is 0.167. The highest BCUT2D eigenvalue weighted by atomic mass is 19.1. The van der Waals surface area contributed by atoms with Crippen LogP contribution in [0.25, 0.3) is 11.1 Å². The van der Waals surface area contributed by atoms with Crippen molar-refractivity contribution < 1.29 is 23.8 Å². The van der Waals surface area contributed by atoms with Gasteiger partial charge in [-0.1, -0.05) is 42.0 Å². The number of amides is 1. The van der Waals surface area contributed by atoms with Crippen molar-refractivity contribution in [1.82, 2.24) is 4.90 Å². The van der Waals surface area contributed by atoms with Gasteiger partial charge in [0.15, 0.2) is 0 Å². The summed E-state index contributed by atoms with van der Waals surface area (Å²) in [7, 11) is 0. The zero-order valence-electron chi connectivity index (χ0n) is 17.3. The molecule has 1 aliphatic rings. The van der Waals surface area contributed by atoms with Crippen LogP contribution in [0, 0.1) is 12.7 Å². The van der Waals surface area contributed by atoms with Gasteiger partial charge in [-0.15, -0.1) is 0 Å². The Morgan fingerprint density at radius 3 is 2.69 bits per heavy atom. The molecule has 1 aliphatic heterocycles. The van der Waals surface area contributed by atoms with Crippen molar-refractivity contribution in [2.24, 2.45) is 0 Å². The van der Waals surface area contributed by atoms with E-state index in [0.29, 0.717) is 23.2 Å². The van der Waals surface area contributed by atoms with Crippen LogP contribution in [0.2, 0.25) is 0 Å². The minimum atomic E-state index is -1.09. The van der Waals surface area contributed by atoms with E-state index in [4.69, 9.17) is 9.47 Å². The fraction of sp³-hybridized carbons (Fsp3) is 0.435. The molecule has 1 amide bonds. The summed E-state index contributed by atoms with van der Waals surface area (Å²) >= 11 is 0. The van der Waals surface area contributed by atoms with Crippen LogP contribution in [0.4, 0.5) is 9.18 Å². The van der Waals surface area contributed by atoms with Crippen molar-refractivity contribution in [1.29, 1.82) is 0 Å². The summed E-state index contributed by atoms with van der Waals surface area (Å²) in [5, 5.41) is 11.0. The monoisotopic (exact) mass is 401 g/mol. The fourth-order valence-corrected chi connectivity index (χ4v) is 3.45. The molecule has 5 nitrogen and oxygen atoms in total. The predicted octanol–water partition coefficient (Wildman–Crippen LogP) is 4.47. The van der Waals surface area contributed by atoms with Gasteiger partial charge in [-0.05, 0) is 44.9 Å². The Hall–Kier alpha value is -2.44. The maximum absolute atomic E-state index is 14.7. The van der Waals surface area contributed by atoms with Crippen LogP contribution in [0.1, 0.15) is 38.0 Å². The van der Waals surface area contributed by atoms with Crippen LogP contribution in [-0.4, -0.2) is 47.5 Å². The van der Waals surface area contributed by atoms with Crippen LogP contribution >= 0.6 is 0 Å². The molecule has 0 bridgehead atoms. The Morgan fingerprint density at radius 1 is 1.28 bits per heavy atom. The third-order valence-electron chi connectivity index (χ3n) is 4.77. The second-order valence-corrected chi connectivity index (χ2v) is 8.35. The largest absolute Gasteiger partial charge is 0.444 e. The topological polar surface area (TPSA) is 59.0 Å². The van der Waals surface area contributed by atoms with Crippen LogP contribution in [0.5, 0.6) is 0 Å². The van der Waals surface area contributed by atoms with Crippen LogP contribution in [0.3, 0.4) is 0 Å². The Morgan fingerprint density at radius 2 is 2.00 bits per heavy atom. The number of halogens is 1. The van der Waals surface area contributed by atoms with Gasteiger partial charge in [0.05, 0.1) is 13.2 Å². The van der Waals surface area contributed by atoms with Crippen molar-refractivity contribution >= 4 is 6.09 Å². The van der Waals surface area contributed by atoms with Crippen molar-refractivity contribution in [2.75, 3.05) is 19.7 Å². The van der Waals surface area contributed by atoms with Crippen LogP contribution < -0.4 is 0 Å². The van der Waals surface area contributed by atoms with E-state index >= 15 is 0 Å². The van der Waals surface area contributed by atoms with Gasteiger partial charge in [0.1, 0.15) is 23.6 Å². The molecule has 29 heavy (non-hydrogen) atoms. The number of aliphatic hydroxyl groups is 1. The first-order chi connectivity index (χ1) is 13.7. The maximum Gasteiger partial charge on any atom is 0.410 e. The molecule has 0 aliphatic carbocycles. The normalized spacial score (nSPS) is 18.4. The number of aryl methyl sites for hydroxylation is 1. The predicted molar refractivity (Wildman–Crippen MR) is 109 cm³/mol. The number of morpholine rings is 1. The van der Waals surface area contributed by atoms with E-state index in [9.17, 15) is 14.3 Å². The molecule has 1 unspecified atom stereocenters. The van der Waals surface area contributed by atoms with E-state index in [1.54, 1.807) is 32.9 Å². The number of benzene rings is 2. The van der Waals surface area contributed by atoms with E-state index in [1.165, 1.54) is 11.0 Å². The maximum atomic E-state index is 14.7. The zero-order valence-corrected chi connectivity index (χ0v) is 17.3. The van der Waals surface area contributed by atoms with Gasteiger partial charge < -0.3 is 19.5 Å². The molecule has 156 valence electrons. The molecule has 0 aromatic heterocycles. The first-order valence-electron chi connectivity index (χ1n) is 9.79. The highest BCUT2D eigenvalue weighted by Crippen LogP contribution is 2.34. The Bertz CT molecular complexity index is 877. The van der Waals surface area contributed by atoms with Gasteiger partial charge in [-0.2, -0.15) is 0 Å². The van der Waals surface area contributed by atoms with Gasteiger partial charge >= 0.3 is 6.09 Å². The Kier molecular flexibility index (Phi) is 6.24. The molecular formula is C23H28FNO4. The minimum Gasteiger partial charge on any atom is -0.444 e. The van der Waals surface area contributed by atoms with Crippen LogP contribution in [0.15, 0.2) is 42.5 Å². The van der Waals surface area contributed by atoms with Gasteiger partial charge in [0.2, 0.25) is 0 Å². The van der Waals surface area contributed by atoms with Gasteiger partial charge in [-0.25, -0.2) is 9.18 Å². The van der Waals surface area contributed by atoms with Gasteiger partial charge in [-0.3, -0.25) is 0 Å². The fourth-order valence-electron chi connectivity index (χ4n) is 3.45. The third kappa shape index (κ3) is 5.14. The van der Waals surface area contributed by atoms with Crippen LogP contribution in [-0.2, 0) is 9.47 Å². The molecule has 0 spiro atoms. The van der Waals surface area contributed by atoms with E-state index in [2.05, 4.69) is 0 Å². The molecule has 1 N–H and O–H groups in total. The number of nitrogens with zero attached hydrogens (tertiary/aromatic N) is 1. The van der Waals surface area contributed by atoms with Gasteiger partial charge in [0, 0.05) is 12.1 Å². The molecule has 2 aromatic rings. The van der Waals surface area contributed by atoms with Crippen molar-refractivity contribution in [3.05, 3.63) is 59.4 Å². The lowest BCUT2D eigenvalue weighted by molar-refractivity contribution is -0.0907. The number of hydrogen-bond donors (Lipinski definition) is 1. The second kappa shape index (κ2) is 8.51. The lowest BCUT2D eigenvalue weighted by Gasteiger charge is -2.36.